The molecule has 8 heteroatoms. The summed E-state index contributed by atoms with van der Waals surface area (Å²) in [5.74, 6) is 0.812. The third kappa shape index (κ3) is 3.89. The zero-order chi connectivity index (χ0) is 20.4. The Morgan fingerprint density at radius 2 is 1.93 bits per heavy atom. The highest BCUT2D eigenvalue weighted by Gasteiger charge is 2.29. The quantitative estimate of drug-likeness (QED) is 0.578. The Balaban J connectivity index is 1.63. The molecule has 0 bridgehead atoms. The van der Waals surface area contributed by atoms with Gasteiger partial charge in [0.1, 0.15) is 15.7 Å². The van der Waals surface area contributed by atoms with Crippen LogP contribution in [0.5, 0.6) is 0 Å². The summed E-state index contributed by atoms with van der Waals surface area (Å²) in [6, 6.07) is 11.9. The molecule has 1 saturated heterocycles. The molecule has 1 aliphatic rings. The van der Waals surface area contributed by atoms with Crippen LogP contribution in [-0.2, 0) is 10.0 Å². The van der Waals surface area contributed by atoms with Crippen LogP contribution in [0.4, 0.5) is 5.82 Å². The molecule has 0 aliphatic carbocycles. The van der Waals surface area contributed by atoms with Gasteiger partial charge in [0, 0.05) is 25.8 Å². The third-order valence-electron chi connectivity index (χ3n) is 5.46. The molecule has 0 radical (unpaired) electrons. The normalized spacial score (nSPS) is 17.9. The van der Waals surface area contributed by atoms with Crippen LogP contribution in [0.3, 0.4) is 0 Å². The van der Waals surface area contributed by atoms with Crippen molar-refractivity contribution in [2.24, 2.45) is 0 Å². The van der Waals surface area contributed by atoms with E-state index in [9.17, 15) is 8.42 Å². The van der Waals surface area contributed by atoms with Crippen molar-refractivity contribution < 1.29 is 8.42 Å². The van der Waals surface area contributed by atoms with E-state index in [1.165, 1.54) is 15.2 Å². The van der Waals surface area contributed by atoms with Crippen LogP contribution in [0.15, 0.2) is 47.5 Å². The predicted molar refractivity (Wildman–Crippen MR) is 118 cm³/mol. The van der Waals surface area contributed by atoms with Gasteiger partial charge in [-0.05, 0) is 43.5 Å². The van der Waals surface area contributed by atoms with E-state index in [-0.39, 0.29) is 10.9 Å². The first-order valence-electron chi connectivity index (χ1n) is 10.1. The first-order chi connectivity index (χ1) is 14.0. The van der Waals surface area contributed by atoms with Gasteiger partial charge in [-0.15, -0.1) is 11.3 Å². The second-order valence-electron chi connectivity index (χ2n) is 7.17. The van der Waals surface area contributed by atoms with Gasteiger partial charge in [-0.2, -0.15) is 4.31 Å². The van der Waals surface area contributed by atoms with E-state index < -0.39 is 10.0 Å². The molecular weight excluding hydrogens is 404 g/mol. The monoisotopic (exact) mass is 430 g/mol. The van der Waals surface area contributed by atoms with Gasteiger partial charge in [0.25, 0.3) is 0 Å². The van der Waals surface area contributed by atoms with Crippen molar-refractivity contribution in [1.82, 2.24) is 14.3 Å². The Bertz CT molecular complexity index is 1040. The van der Waals surface area contributed by atoms with E-state index in [0.29, 0.717) is 13.1 Å². The lowest BCUT2D eigenvalue weighted by atomic mass is 10.0. The second-order valence-corrected chi connectivity index (χ2v) is 10.2. The molecule has 3 heterocycles. The van der Waals surface area contributed by atoms with Gasteiger partial charge in [0.2, 0.25) is 10.0 Å². The smallest absolute Gasteiger partial charge is 0.244 e. The molecule has 0 N–H and O–H groups in total. The summed E-state index contributed by atoms with van der Waals surface area (Å²) >= 11 is 1.74. The van der Waals surface area contributed by atoms with Crippen molar-refractivity contribution in [3.05, 3.63) is 47.6 Å². The van der Waals surface area contributed by atoms with E-state index in [1.54, 1.807) is 17.4 Å². The molecule has 1 unspecified atom stereocenters. The number of sulfonamides is 1. The Morgan fingerprint density at radius 1 is 1.14 bits per heavy atom. The zero-order valence-electron chi connectivity index (χ0n) is 16.8. The Morgan fingerprint density at radius 3 is 2.62 bits per heavy atom. The summed E-state index contributed by atoms with van der Waals surface area (Å²) in [4.78, 5) is 11.9. The number of nitrogens with zero attached hydrogens (tertiary/aromatic N) is 4. The number of thiazole rings is 1. The molecule has 4 rings (SSSR count). The van der Waals surface area contributed by atoms with Crippen LogP contribution in [0.1, 0.15) is 44.2 Å². The summed E-state index contributed by atoms with van der Waals surface area (Å²) in [6.45, 7) is 5.49. The summed E-state index contributed by atoms with van der Waals surface area (Å²) in [5, 5.41) is 1.10. The minimum Gasteiger partial charge on any atom is -0.347 e. The van der Waals surface area contributed by atoms with Crippen LogP contribution in [-0.4, -0.2) is 42.3 Å². The average molecular weight is 431 g/mol. The SMILES string of the molecule is CCN(CC)S(=O)(=O)c1ccc(N2CCCCC2c2nc3ccccc3s2)nc1. The van der Waals surface area contributed by atoms with Gasteiger partial charge in [0.15, 0.2) is 0 Å². The van der Waals surface area contributed by atoms with Crippen LogP contribution in [0.2, 0.25) is 0 Å². The van der Waals surface area contributed by atoms with Crippen LogP contribution in [0.25, 0.3) is 10.2 Å². The lowest BCUT2D eigenvalue weighted by molar-refractivity contribution is 0.444. The first-order valence-corrected chi connectivity index (χ1v) is 12.4. The number of anilines is 1. The topological polar surface area (TPSA) is 66.4 Å². The molecule has 1 aromatic carbocycles. The molecule has 1 atom stereocenters. The maximum absolute atomic E-state index is 12.7. The molecule has 0 amide bonds. The number of rotatable bonds is 6. The summed E-state index contributed by atoms with van der Waals surface area (Å²) in [7, 11) is -3.49. The fourth-order valence-electron chi connectivity index (χ4n) is 3.90. The molecule has 0 spiro atoms. The summed E-state index contributed by atoms with van der Waals surface area (Å²) in [5.41, 5.74) is 1.03. The molecule has 6 nitrogen and oxygen atoms in total. The molecule has 0 saturated carbocycles. The molecule has 2 aromatic heterocycles. The average Bonchev–Trinajstić information content (AvgIpc) is 3.19. The number of benzene rings is 1. The maximum Gasteiger partial charge on any atom is 0.244 e. The van der Waals surface area contributed by atoms with Crippen molar-refractivity contribution >= 4 is 37.4 Å². The van der Waals surface area contributed by atoms with Crippen LogP contribution >= 0.6 is 11.3 Å². The fraction of sp³-hybridized carbons (Fsp3) is 0.429. The zero-order valence-corrected chi connectivity index (χ0v) is 18.4. The van der Waals surface area contributed by atoms with Crippen molar-refractivity contribution in [3.63, 3.8) is 0 Å². The van der Waals surface area contributed by atoms with Crippen molar-refractivity contribution in [2.45, 2.75) is 44.0 Å². The molecule has 29 heavy (non-hydrogen) atoms. The van der Waals surface area contributed by atoms with Gasteiger partial charge in [0.05, 0.1) is 16.3 Å². The van der Waals surface area contributed by atoms with E-state index in [2.05, 4.69) is 16.0 Å². The van der Waals surface area contributed by atoms with Crippen LogP contribution < -0.4 is 4.90 Å². The Hall–Kier alpha value is -2.03. The van der Waals surface area contributed by atoms with Crippen molar-refractivity contribution in [3.8, 4) is 0 Å². The highest BCUT2D eigenvalue weighted by molar-refractivity contribution is 7.89. The van der Waals surface area contributed by atoms with E-state index in [1.807, 2.05) is 38.1 Å². The third-order valence-corrected chi connectivity index (χ3v) is 8.63. The van der Waals surface area contributed by atoms with E-state index >= 15 is 0 Å². The number of hydrogen-bond donors (Lipinski definition) is 0. The lowest BCUT2D eigenvalue weighted by Gasteiger charge is -2.35. The van der Waals surface area contributed by atoms with Gasteiger partial charge in [-0.25, -0.2) is 18.4 Å². The molecular formula is C21H26N4O2S2. The van der Waals surface area contributed by atoms with E-state index in [4.69, 9.17) is 4.98 Å². The number of para-hydroxylation sites is 1. The molecule has 1 aliphatic heterocycles. The molecule has 154 valence electrons. The minimum absolute atomic E-state index is 0.180. The largest absolute Gasteiger partial charge is 0.347 e. The standard InChI is InChI=1S/C21H26N4O2S2/c1-3-24(4-2)29(26,27)16-12-13-20(22-15-16)25-14-8-7-10-18(25)21-23-17-9-5-6-11-19(17)28-21/h5-6,9,11-13,15,18H,3-4,7-8,10,14H2,1-2H3. The maximum atomic E-state index is 12.7. The molecule has 3 aromatic rings. The lowest BCUT2D eigenvalue weighted by Crippen LogP contribution is -2.34. The Labute approximate surface area is 176 Å². The minimum atomic E-state index is -3.49. The first kappa shape index (κ1) is 20.3. The number of piperidine rings is 1. The summed E-state index contributed by atoms with van der Waals surface area (Å²) < 4.78 is 28.1. The number of fused-ring (bicyclic) bond motifs is 1. The molecule has 1 fully saturated rings. The highest BCUT2D eigenvalue weighted by atomic mass is 32.2. The Kier molecular flexibility index (Phi) is 5.85. The number of hydrogen-bond acceptors (Lipinski definition) is 6. The number of pyridine rings is 1. The van der Waals surface area contributed by atoms with Gasteiger partial charge in [-0.1, -0.05) is 26.0 Å². The highest BCUT2D eigenvalue weighted by Crippen LogP contribution is 2.37. The van der Waals surface area contributed by atoms with E-state index in [0.717, 1.165) is 42.1 Å². The van der Waals surface area contributed by atoms with Crippen molar-refractivity contribution in [2.75, 3.05) is 24.5 Å². The van der Waals surface area contributed by atoms with Crippen LogP contribution in [0, 0.1) is 0 Å². The van der Waals surface area contributed by atoms with Gasteiger partial charge in [-0.3, -0.25) is 0 Å². The predicted octanol–water partition coefficient (Wildman–Crippen LogP) is 4.45. The second kappa shape index (κ2) is 8.38. The van der Waals surface area contributed by atoms with Crippen molar-refractivity contribution in [1.29, 1.82) is 0 Å². The fourth-order valence-corrected chi connectivity index (χ4v) is 6.42. The van der Waals surface area contributed by atoms with Gasteiger partial charge >= 0.3 is 0 Å². The van der Waals surface area contributed by atoms with Gasteiger partial charge < -0.3 is 4.90 Å². The summed E-state index contributed by atoms with van der Waals surface area (Å²) in [6.07, 6.45) is 4.78. The number of aromatic nitrogens is 2.